The molecule has 0 amide bonds. The molecule has 0 spiro atoms. The summed E-state index contributed by atoms with van der Waals surface area (Å²) in [4.78, 5) is 2.56. The molecule has 3 nitrogen and oxygen atoms in total. The van der Waals surface area contributed by atoms with Gasteiger partial charge in [0.2, 0.25) is 0 Å². The molecule has 2 aromatic rings. The summed E-state index contributed by atoms with van der Waals surface area (Å²) in [6, 6.07) is 17.4. The second-order valence-electron chi connectivity index (χ2n) is 5.75. The molecule has 1 heterocycles. The van der Waals surface area contributed by atoms with Crippen LogP contribution < -0.4 is 9.47 Å². The van der Waals surface area contributed by atoms with Crippen LogP contribution in [-0.2, 0) is 6.54 Å². The van der Waals surface area contributed by atoms with E-state index in [1.54, 1.807) is 14.2 Å². The van der Waals surface area contributed by atoms with Crippen LogP contribution in [0.1, 0.15) is 30.0 Å². The van der Waals surface area contributed by atoms with Gasteiger partial charge in [-0.3, -0.25) is 4.90 Å². The van der Waals surface area contributed by atoms with Crippen LogP contribution >= 0.6 is 0 Å². The predicted molar refractivity (Wildman–Crippen MR) is 88.4 cm³/mol. The lowest BCUT2D eigenvalue weighted by molar-refractivity contribution is 0.248. The molecule has 3 heteroatoms. The smallest absolute Gasteiger partial charge is 0.118 e. The number of nitrogens with zero attached hydrogens (tertiary/aromatic N) is 1. The molecule has 22 heavy (non-hydrogen) atoms. The van der Waals surface area contributed by atoms with E-state index < -0.39 is 0 Å². The van der Waals surface area contributed by atoms with Crippen molar-refractivity contribution in [1.29, 1.82) is 0 Å². The van der Waals surface area contributed by atoms with Crippen LogP contribution in [0, 0.1) is 0 Å². The first kappa shape index (κ1) is 14.9. The van der Waals surface area contributed by atoms with Gasteiger partial charge in [0.15, 0.2) is 0 Å². The summed E-state index contributed by atoms with van der Waals surface area (Å²) in [7, 11) is 3.41. The lowest BCUT2D eigenvalue weighted by Crippen LogP contribution is -2.22. The lowest BCUT2D eigenvalue weighted by atomic mass is 10.0. The third kappa shape index (κ3) is 3.25. The molecule has 1 atom stereocenters. The Bertz CT molecular complexity index is 592. The maximum absolute atomic E-state index is 5.25. The quantitative estimate of drug-likeness (QED) is 0.831. The minimum atomic E-state index is 0.507. The molecule has 0 aliphatic carbocycles. The van der Waals surface area contributed by atoms with Crippen LogP contribution in [0.3, 0.4) is 0 Å². The van der Waals surface area contributed by atoms with E-state index in [9.17, 15) is 0 Å². The van der Waals surface area contributed by atoms with Crippen molar-refractivity contribution in [1.82, 2.24) is 4.90 Å². The highest BCUT2D eigenvalue weighted by molar-refractivity contribution is 5.30. The van der Waals surface area contributed by atoms with Gasteiger partial charge in [-0.05, 0) is 54.8 Å². The summed E-state index contributed by atoms with van der Waals surface area (Å²) < 4.78 is 10.5. The van der Waals surface area contributed by atoms with Crippen molar-refractivity contribution in [2.24, 2.45) is 0 Å². The largest absolute Gasteiger partial charge is 0.497 e. The molecule has 1 aliphatic rings. The number of hydrogen-bond donors (Lipinski definition) is 0. The van der Waals surface area contributed by atoms with E-state index >= 15 is 0 Å². The molecule has 0 radical (unpaired) electrons. The average molecular weight is 297 g/mol. The third-order valence-electron chi connectivity index (χ3n) is 4.41. The Morgan fingerprint density at radius 1 is 0.909 bits per heavy atom. The minimum Gasteiger partial charge on any atom is -0.497 e. The lowest BCUT2D eigenvalue weighted by Gasteiger charge is -2.25. The molecule has 1 unspecified atom stereocenters. The zero-order valence-electron chi connectivity index (χ0n) is 13.3. The number of methoxy groups -OCH3 is 2. The number of ether oxygens (including phenoxy) is 2. The average Bonchev–Trinajstić information content (AvgIpc) is 3.04. The molecule has 2 aromatic carbocycles. The Balaban J connectivity index is 1.71. The fourth-order valence-electron chi connectivity index (χ4n) is 3.18. The van der Waals surface area contributed by atoms with Gasteiger partial charge >= 0.3 is 0 Å². The summed E-state index contributed by atoms with van der Waals surface area (Å²) in [5.74, 6) is 1.83. The van der Waals surface area contributed by atoms with E-state index in [2.05, 4.69) is 41.3 Å². The maximum Gasteiger partial charge on any atom is 0.118 e. The molecular formula is C19H23NO2. The van der Waals surface area contributed by atoms with Gasteiger partial charge in [0.05, 0.1) is 14.2 Å². The predicted octanol–water partition coefficient (Wildman–Crippen LogP) is 4.04. The highest BCUT2D eigenvalue weighted by atomic mass is 16.5. The highest BCUT2D eigenvalue weighted by Crippen LogP contribution is 2.34. The van der Waals surface area contributed by atoms with E-state index in [-0.39, 0.29) is 0 Å². The topological polar surface area (TPSA) is 21.7 Å². The summed E-state index contributed by atoms with van der Waals surface area (Å²) in [6.07, 6.45) is 2.48. The first-order valence-corrected chi connectivity index (χ1v) is 7.81. The summed E-state index contributed by atoms with van der Waals surface area (Å²) >= 11 is 0. The number of likely N-dealkylation sites (tertiary alicyclic amines) is 1. The van der Waals surface area contributed by atoms with Gasteiger partial charge in [-0.15, -0.1) is 0 Å². The minimum absolute atomic E-state index is 0.507. The number of hydrogen-bond acceptors (Lipinski definition) is 3. The molecule has 1 saturated heterocycles. The van der Waals surface area contributed by atoms with Gasteiger partial charge in [-0.1, -0.05) is 24.3 Å². The van der Waals surface area contributed by atoms with Gasteiger partial charge in [-0.25, -0.2) is 0 Å². The SMILES string of the molecule is COc1ccc(CN2CCCC2c2ccc(OC)cc2)cc1. The van der Waals surface area contributed by atoms with Crippen LogP contribution in [0.15, 0.2) is 48.5 Å². The van der Waals surface area contributed by atoms with Crippen molar-refractivity contribution in [3.63, 3.8) is 0 Å². The number of benzene rings is 2. The van der Waals surface area contributed by atoms with Gasteiger partial charge in [0.1, 0.15) is 11.5 Å². The van der Waals surface area contributed by atoms with Gasteiger partial charge in [-0.2, -0.15) is 0 Å². The summed E-state index contributed by atoms with van der Waals surface area (Å²) in [5.41, 5.74) is 2.72. The van der Waals surface area contributed by atoms with E-state index in [4.69, 9.17) is 9.47 Å². The van der Waals surface area contributed by atoms with Crippen LogP contribution in [0.25, 0.3) is 0 Å². The monoisotopic (exact) mass is 297 g/mol. The summed E-state index contributed by atoms with van der Waals surface area (Å²) in [6.45, 7) is 2.14. The Morgan fingerprint density at radius 3 is 2.09 bits per heavy atom. The molecule has 0 saturated carbocycles. The molecular weight excluding hydrogens is 274 g/mol. The van der Waals surface area contributed by atoms with Crippen LogP contribution in [0.2, 0.25) is 0 Å². The zero-order chi connectivity index (χ0) is 15.4. The first-order valence-electron chi connectivity index (χ1n) is 7.81. The number of rotatable bonds is 5. The first-order chi connectivity index (χ1) is 10.8. The van der Waals surface area contributed by atoms with Crippen molar-refractivity contribution in [2.75, 3.05) is 20.8 Å². The second-order valence-corrected chi connectivity index (χ2v) is 5.75. The highest BCUT2D eigenvalue weighted by Gasteiger charge is 2.25. The Kier molecular flexibility index (Phi) is 4.64. The fourth-order valence-corrected chi connectivity index (χ4v) is 3.18. The van der Waals surface area contributed by atoms with Crippen molar-refractivity contribution < 1.29 is 9.47 Å². The molecule has 3 rings (SSSR count). The molecule has 0 N–H and O–H groups in total. The van der Waals surface area contributed by atoms with E-state index in [0.717, 1.165) is 24.6 Å². The van der Waals surface area contributed by atoms with Crippen molar-refractivity contribution in [3.8, 4) is 11.5 Å². The van der Waals surface area contributed by atoms with Gasteiger partial charge in [0, 0.05) is 12.6 Å². The molecule has 116 valence electrons. The van der Waals surface area contributed by atoms with E-state index in [0.29, 0.717) is 6.04 Å². The van der Waals surface area contributed by atoms with Crippen molar-refractivity contribution in [3.05, 3.63) is 59.7 Å². The molecule has 0 bridgehead atoms. The standard InChI is InChI=1S/C19H23NO2/c1-21-17-9-5-15(6-10-17)14-20-13-3-4-19(20)16-7-11-18(22-2)12-8-16/h5-12,19H,3-4,13-14H2,1-2H3. The molecule has 1 aliphatic heterocycles. The van der Waals surface area contributed by atoms with Crippen LogP contribution in [0.5, 0.6) is 11.5 Å². The maximum atomic E-state index is 5.25. The van der Waals surface area contributed by atoms with E-state index in [1.807, 2.05) is 12.1 Å². The van der Waals surface area contributed by atoms with Gasteiger partial charge < -0.3 is 9.47 Å². The Morgan fingerprint density at radius 2 is 1.50 bits per heavy atom. The van der Waals surface area contributed by atoms with Crippen LogP contribution in [0.4, 0.5) is 0 Å². The van der Waals surface area contributed by atoms with Gasteiger partial charge in [0.25, 0.3) is 0 Å². The summed E-state index contributed by atoms with van der Waals surface area (Å²) in [5, 5.41) is 0. The Labute approximate surface area is 132 Å². The zero-order valence-corrected chi connectivity index (χ0v) is 13.3. The van der Waals surface area contributed by atoms with E-state index in [1.165, 1.54) is 24.0 Å². The van der Waals surface area contributed by atoms with Crippen molar-refractivity contribution >= 4 is 0 Å². The second kappa shape index (κ2) is 6.84. The molecule has 1 fully saturated rings. The van der Waals surface area contributed by atoms with Crippen molar-refractivity contribution in [2.45, 2.75) is 25.4 Å². The third-order valence-corrected chi connectivity index (χ3v) is 4.41. The molecule has 0 aromatic heterocycles. The normalized spacial score (nSPS) is 18.4. The Hall–Kier alpha value is -2.00. The fraction of sp³-hybridized carbons (Fsp3) is 0.368. The van der Waals surface area contributed by atoms with Crippen LogP contribution in [-0.4, -0.2) is 25.7 Å².